The van der Waals surface area contributed by atoms with E-state index in [0.29, 0.717) is 38.3 Å². The number of thioether (sulfide) groups is 1. The number of hydrogen-bond donors (Lipinski definition) is 2. The van der Waals surface area contributed by atoms with Crippen molar-refractivity contribution >= 4 is 78.9 Å². The van der Waals surface area contributed by atoms with Gasteiger partial charge >= 0.3 is 4.87 Å². The van der Waals surface area contributed by atoms with Crippen molar-refractivity contribution in [1.82, 2.24) is 4.98 Å². The average Bonchev–Trinajstić information content (AvgIpc) is 3.54. The highest BCUT2D eigenvalue weighted by Crippen LogP contribution is 2.53. The molecule has 2 N–H and O–H groups in total. The minimum absolute atomic E-state index is 0.258. The van der Waals surface area contributed by atoms with Crippen molar-refractivity contribution in [3.63, 3.8) is 0 Å². The third-order valence-corrected chi connectivity index (χ3v) is 10.8. The van der Waals surface area contributed by atoms with Crippen LogP contribution in [0.15, 0.2) is 99.2 Å². The summed E-state index contributed by atoms with van der Waals surface area (Å²) in [4.78, 5) is 57.3. The highest BCUT2D eigenvalue weighted by molar-refractivity contribution is 9.10. The van der Waals surface area contributed by atoms with Crippen molar-refractivity contribution in [3.05, 3.63) is 110 Å². The first kappa shape index (κ1) is 29.3. The number of carbonyl (C=O) groups excluding carboxylic acids is 3. The number of thiazole rings is 1. The third kappa shape index (κ3) is 5.43. The Labute approximate surface area is 273 Å². The molecule has 226 valence electrons. The normalized spacial score (nSPS) is 18.9. The van der Waals surface area contributed by atoms with Crippen molar-refractivity contribution in [2.75, 3.05) is 23.9 Å². The fraction of sp³-hybridized carbons (Fsp3) is 0.152. The van der Waals surface area contributed by atoms with Crippen LogP contribution >= 0.6 is 39.0 Å². The molecule has 1 fully saturated rings. The Hall–Kier alpha value is -4.39. The second kappa shape index (κ2) is 11.8. The number of H-pyrrole nitrogens is 1. The van der Waals surface area contributed by atoms with Crippen molar-refractivity contribution in [2.24, 2.45) is 5.92 Å². The maximum Gasteiger partial charge on any atom is 0.305 e. The molecule has 2 aliphatic rings. The molecule has 0 radical (unpaired) electrons. The summed E-state index contributed by atoms with van der Waals surface area (Å²) in [5.41, 5.74) is 1.83. The quantitative estimate of drug-likeness (QED) is 0.195. The number of fused-ring (bicyclic) bond motifs is 3. The Morgan fingerprint density at radius 3 is 2.49 bits per heavy atom. The minimum Gasteiger partial charge on any atom is -0.493 e. The van der Waals surface area contributed by atoms with Crippen molar-refractivity contribution in [1.29, 1.82) is 0 Å². The van der Waals surface area contributed by atoms with E-state index in [4.69, 9.17) is 9.47 Å². The Bertz CT molecular complexity index is 2040. The van der Waals surface area contributed by atoms with E-state index in [1.165, 1.54) is 23.8 Å². The molecule has 3 amide bonds. The van der Waals surface area contributed by atoms with E-state index < -0.39 is 17.1 Å². The molecule has 5 aromatic rings. The second-order valence-corrected chi connectivity index (χ2v) is 13.6. The summed E-state index contributed by atoms with van der Waals surface area (Å²) in [5.74, 6) is -1.63. The maximum atomic E-state index is 14.0. The van der Waals surface area contributed by atoms with Crippen LogP contribution in [-0.4, -0.2) is 41.7 Å². The van der Waals surface area contributed by atoms with Gasteiger partial charge < -0.3 is 19.8 Å². The molecule has 7 rings (SSSR count). The Kier molecular flexibility index (Phi) is 7.72. The number of aromatic amines is 1. The van der Waals surface area contributed by atoms with E-state index in [1.54, 1.807) is 42.5 Å². The molecule has 45 heavy (non-hydrogen) atoms. The smallest absolute Gasteiger partial charge is 0.305 e. The van der Waals surface area contributed by atoms with Crippen LogP contribution < -0.4 is 24.6 Å². The maximum absolute atomic E-state index is 14.0. The molecular formula is C33H24BrN3O6S2. The molecular weight excluding hydrogens is 678 g/mol. The molecule has 2 aliphatic heterocycles. The van der Waals surface area contributed by atoms with Gasteiger partial charge in [-0.2, -0.15) is 0 Å². The standard InChI is InChI=1S/C33H24BrN3O6S2/c1-42-24-15-19(7-13-23(24)43-16-25(38)35-21-10-6-17-4-2-3-5-18(17)14-21)26-27-29(44-30-28(26)45-33(41)36-30)32(40)37(31(27)39)22-11-8-20(34)9-12-22/h2-15,26-27,29H,16H2,1H3,(H,35,38)(H,36,41). The van der Waals surface area contributed by atoms with Crippen molar-refractivity contribution < 1.29 is 23.9 Å². The topological polar surface area (TPSA) is 118 Å². The SMILES string of the molecule is COc1cc(C2c3sc(=O)[nH]c3SC3C(=O)N(c4ccc(Br)cc4)C(=O)C32)ccc1OCC(=O)Nc1ccc2ccccc2c1. The summed E-state index contributed by atoms with van der Waals surface area (Å²) in [6, 6.07) is 25.8. The van der Waals surface area contributed by atoms with Gasteiger partial charge in [-0.25, -0.2) is 4.90 Å². The van der Waals surface area contributed by atoms with Crippen LogP contribution in [0.4, 0.5) is 11.4 Å². The third-order valence-electron chi connectivity index (χ3n) is 7.85. The molecule has 1 aromatic heterocycles. The van der Waals surface area contributed by atoms with E-state index in [1.807, 2.05) is 42.5 Å². The Morgan fingerprint density at radius 1 is 0.933 bits per heavy atom. The second-order valence-electron chi connectivity index (χ2n) is 10.5. The summed E-state index contributed by atoms with van der Waals surface area (Å²) in [6.45, 7) is -0.258. The zero-order valence-electron chi connectivity index (χ0n) is 23.6. The van der Waals surface area contributed by atoms with Crippen LogP contribution in [0.25, 0.3) is 10.8 Å². The lowest BCUT2D eigenvalue weighted by atomic mass is 9.83. The van der Waals surface area contributed by atoms with Crippen molar-refractivity contribution in [2.45, 2.75) is 16.2 Å². The van der Waals surface area contributed by atoms with Gasteiger partial charge in [0.2, 0.25) is 11.8 Å². The molecule has 3 unspecified atom stereocenters. The summed E-state index contributed by atoms with van der Waals surface area (Å²) < 4.78 is 12.3. The zero-order valence-corrected chi connectivity index (χ0v) is 26.8. The predicted octanol–water partition coefficient (Wildman–Crippen LogP) is 6.17. The van der Waals surface area contributed by atoms with Crippen LogP contribution in [0, 0.1) is 5.92 Å². The number of carbonyl (C=O) groups is 3. The molecule has 0 bridgehead atoms. The first-order valence-electron chi connectivity index (χ1n) is 13.9. The summed E-state index contributed by atoms with van der Waals surface area (Å²) in [5, 5.41) is 4.80. The lowest BCUT2D eigenvalue weighted by molar-refractivity contribution is -0.122. The first-order valence-corrected chi connectivity index (χ1v) is 16.4. The van der Waals surface area contributed by atoms with Crippen LogP contribution in [0.3, 0.4) is 0 Å². The monoisotopic (exact) mass is 701 g/mol. The first-order chi connectivity index (χ1) is 21.8. The molecule has 12 heteroatoms. The lowest BCUT2D eigenvalue weighted by Crippen LogP contribution is -2.32. The van der Waals surface area contributed by atoms with Gasteiger partial charge in [-0.3, -0.25) is 19.2 Å². The summed E-state index contributed by atoms with van der Waals surface area (Å²) in [6.07, 6.45) is 0. The highest BCUT2D eigenvalue weighted by atomic mass is 79.9. The molecule has 1 saturated heterocycles. The number of imide groups is 1. The van der Waals surface area contributed by atoms with E-state index in [9.17, 15) is 19.2 Å². The van der Waals surface area contributed by atoms with Crippen LogP contribution in [0.1, 0.15) is 16.4 Å². The van der Waals surface area contributed by atoms with Gasteiger partial charge in [0, 0.05) is 21.0 Å². The van der Waals surface area contributed by atoms with E-state index in [2.05, 4.69) is 26.2 Å². The fourth-order valence-corrected chi connectivity index (χ4v) is 8.60. The van der Waals surface area contributed by atoms with E-state index in [0.717, 1.165) is 26.6 Å². The predicted molar refractivity (Wildman–Crippen MR) is 178 cm³/mol. The van der Waals surface area contributed by atoms with Gasteiger partial charge in [0.1, 0.15) is 5.25 Å². The average molecular weight is 703 g/mol. The number of hydrogen-bond acceptors (Lipinski definition) is 8. The number of methoxy groups -OCH3 is 1. The number of amides is 3. The number of halogens is 1. The summed E-state index contributed by atoms with van der Waals surface area (Å²) >= 11 is 5.65. The van der Waals surface area contributed by atoms with Crippen LogP contribution in [0.5, 0.6) is 11.5 Å². The molecule has 0 spiro atoms. The number of rotatable bonds is 7. The number of ether oxygens (including phenoxy) is 2. The van der Waals surface area contributed by atoms with Gasteiger partial charge in [-0.1, -0.05) is 75.4 Å². The van der Waals surface area contributed by atoms with Crippen molar-refractivity contribution in [3.8, 4) is 11.5 Å². The molecule has 9 nitrogen and oxygen atoms in total. The van der Waals surface area contributed by atoms with E-state index in [-0.39, 0.29) is 29.2 Å². The Balaban J connectivity index is 1.15. The largest absolute Gasteiger partial charge is 0.493 e. The number of nitrogens with zero attached hydrogens (tertiary/aromatic N) is 1. The van der Waals surface area contributed by atoms with Gasteiger partial charge in [0.15, 0.2) is 18.1 Å². The van der Waals surface area contributed by atoms with Crippen LogP contribution in [0.2, 0.25) is 0 Å². The highest BCUT2D eigenvalue weighted by Gasteiger charge is 2.56. The van der Waals surface area contributed by atoms with Gasteiger partial charge in [-0.05, 0) is 64.9 Å². The lowest BCUT2D eigenvalue weighted by Gasteiger charge is -2.30. The molecule has 0 aliphatic carbocycles. The minimum atomic E-state index is -0.741. The Morgan fingerprint density at radius 2 is 1.71 bits per heavy atom. The fourth-order valence-electron chi connectivity index (χ4n) is 5.83. The molecule has 4 aromatic carbocycles. The van der Waals surface area contributed by atoms with Gasteiger partial charge in [-0.15, -0.1) is 0 Å². The van der Waals surface area contributed by atoms with Crippen LogP contribution in [-0.2, 0) is 14.4 Å². The molecule has 3 atom stereocenters. The van der Waals surface area contributed by atoms with Gasteiger partial charge in [0.25, 0.3) is 5.91 Å². The number of aromatic nitrogens is 1. The number of anilines is 2. The number of nitrogens with one attached hydrogen (secondary N) is 2. The number of benzene rings is 4. The zero-order chi connectivity index (χ0) is 31.2. The summed E-state index contributed by atoms with van der Waals surface area (Å²) in [7, 11) is 1.49. The molecule has 0 saturated carbocycles. The van der Waals surface area contributed by atoms with Gasteiger partial charge in [0.05, 0.1) is 23.7 Å². The van der Waals surface area contributed by atoms with E-state index >= 15 is 0 Å². The molecule has 3 heterocycles.